The Morgan fingerprint density at radius 3 is 2.68 bits per heavy atom. The standard InChI is InChI=1S/C14H20Cl2N4OSi/c1-10-11(13-12(15)7-17-14(16)18-13)8-20(19-10)9-21-5-6-22(2,3)4/h7-8H,5-6,9H2,1-4H3. The van der Waals surface area contributed by atoms with Crippen molar-refractivity contribution >= 4 is 31.3 Å². The van der Waals surface area contributed by atoms with Crippen LogP contribution in [0, 0.1) is 6.92 Å². The minimum atomic E-state index is -1.07. The molecule has 0 bridgehead atoms. The summed E-state index contributed by atoms with van der Waals surface area (Å²) in [5.74, 6) is 0. The molecule has 0 aliphatic rings. The lowest BCUT2D eigenvalue weighted by molar-refractivity contribution is 0.0784. The van der Waals surface area contributed by atoms with E-state index in [1.165, 1.54) is 6.20 Å². The van der Waals surface area contributed by atoms with Crippen molar-refractivity contribution in [2.24, 2.45) is 0 Å². The van der Waals surface area contributed by atoms with E-state index in [1.54, 1.807) is 4.68 Å². The largest absolute Gasteiger partial charge is 0.360 e. The van der Waals surface area contributed by atoms with Gasteiger partial charge in [-0.3, -0.25) is 0 Å². The number of hydrogen-bond acceptors (Lipinski definition) is 4. The second kappa shape index (κ2) is 7.08. The maximum atomic E-state index is 6.14. The maximum Gasteiger partial charge on any atom is 0.222 e. The Hall–Kier alpha value is -0.953. The molecule has 2 aromatic rings. The molecule has 0 aliphatic heterocycles. The first-order valence-corrected chi connectivity index (χ1v) is 11.5. The minimum absolute atomic E-state index is 0.165. The van der Waals surface area contributed by atoms with Crippen molar-refractivity contribution in [1.29, 1.82) is 0 Å². The first-order chi connectivity index (χ1) is 10.3. The Kier molecular flexibility index (Phi) is 5.60. The Balaban J connectivity index is 2.07. The summed E-state index contributed by atoms with van der Waals surface area (Å²) < 4.78 is 7.45. The third-order valence-corrected chi connectivity index (χ3v) is 5.30. The molecule has 0 unspecified atom stereocenters. The zero-order chi connectivity index (χ0) is 16.3. The molecule has 0 aliphatic carbocycles. The molecule has 0 spiro atoms. The van der Waals surface area contributed by atoms with Crippen molar-refractivity contribution in [3.8, 4) is 11.3 Å². The normalized spacial score (nSPS) is 11.9. The molecule has 0 saturated carbocycles. The van der Waals surface area contributed by atoms with Crippen LogP contribution in [-0.4, -0.2) is 34.4 Å². The van der Waals surface area contributed by atoms with Crippen LogP contribution in [0.15, 0.2) is 12.4 Å². The van der Waals surface area contributed by atoms with Gasteiger partial charge in [0.2, 0.25) is 5.28 Å². The molecule has 2 rings (SSSR count). The lowest BCUT2D eigenvalue weighted by atomic mass is 10.2. The van der Waals surface area contributed by atoms with Crippen LogP contribution < -0.4 is 0 Å². The number of aryl methyl sites for hydroxylation is 1. The summed E-state index contributed by atoms with van der Waals surface area (Å²) in [5.41, 5.74) is 2.25. The van der Waals surface area contributed by atoms with Gasteiger partial charge in [-0.2, -0.15) is 5.10 Å². The third kappa shape index (κ3) is 4.77. The number of ether oxygens (including phenoxy) is 1. The topological polar surface area (TPSA) is 52.8 Å². The van der Waals surface area contributed by atoms with Gasteiger partial charge >= 0.3 is 0 Å². The zero-order valence-corrected chi connectivity index (χ0v) is 15.7. The molecule has 0 aromatic carbocycles. The first-order valence-electron chi connectivity index (χ1n) is 7.06. The van der Waals surface area contributed by atoms with Crippen LogP contribution in [0.25, 0.3) is 11.3 Å². The van der Waals surface area contributed by atoms with Gasteiger partial charge in [-0.15, -0.1) is 0 Å². The van der Waals surface area contributed by atoms with Crippen molar-refractivity contribution in [1.82, 2.24) is 19.7 Å². The van der Waals surface area contributed by atoms with E-state index in [0.717, 1.165) is 23.9 Å². The van der Waals surface area contributed by atoms with Crippen molar-refractivity contribution in [3.63, 3.8) is 0 Å². The van der Waals surface area contributed by atoms with E-state index in [0.29, 0.717) is 17.4 Å². The molecule has 0 atom stereocenters. The summed E-state index contributed by atoms with van der Waals surface area (Å²) in [4.78, 5) is 8.04. The highest BCUT2D eigenvalue weighted by atomic mass is 35.5. The van der Waals surface area contributed by atoms with E-state index < -0.39 is 8.07 Å². The molecule has 0 saturated heterocycles. The van der Waals surface area contributed by atoms with E-state index in [-0.39, 0.29) is 5.28 Å². The SMILES string of the molecule is Cc1nn(COCC[Si](C)(C)C)cc1-c1nc(Cl)ncc1Cl. The number of nitrogens with zero attached hydrogens (tertiary/aromatic N) is 4. The number of rotatable bonds is 6. The van der Waals surface area contributed by atoms with Gasteiger partial charge in [0.15, 0.2) is 0 Å². The second-order valence-corrected chi connectivity index (χ2v) is 12.7. The van der Waals surface area contributed by atoms with Crippen molar-refractivity contribution in [3.05, 3.63) is 28.4 Å². The molecular weight excluding hydrogens is 339 g/mol. The van der Waals surface area contributed by atoms with Gasteiger partial charge in [-0.05, 0) is 24.6 Å². The summed E-state index contributed by atoms with van der Waals surface area (Å²) in [6.07, 6.45) is 3.36. The van der Waals surface area contributed by atoms with Gasteiger partial charge in [0.05, 0.1) is 22.6 Å². The molecule has 2 aromatic heterocycles. The Labute approximate surface area is 141 Å². The monoisotopic (exact) mass is 358 g/mol. The van der Waals surface area contributed by atoms with Crippen LogP contribution in [0.3, 0.4) is 0 Å². The van der Waals surface area contributed by atoms with Crippen LogP contribution in [-0.2, 0) is 11.5 Å². The van der Waals surface area contributed by atoms with Crippen LogP contribution in [0.4, 0.5) is 0 Å². The predicted octanol–water partition coefficient (Wildman–Crippen LogP) is 4.27. The van der Waals surface area contributed by atoms with Crippen LogP contribution >= 0.6 is 23.2 Å². The first kappa shape index (κ1) is 17.4. The molecule has 2 heterocycles. The van der Waals surface area contributed by atoms with Gasteiger partial charge in [0.1, 0.15) is 6.73 Å². The van der Waals surface area contributed by atoms with Crippen LogP contribution in [0.5, 0.6) is 0 Å². The number of hydrogen-bond donors (Lipinski definition) is 0. The molecule has 0 amide bonds. The van der Waals surface area contributed by atoms with Gasteiger partial charge < -0.3 is 4.74 Å². The maximum absolute atomic E-state index is 6.14. The number of aromatic nitrogens is 4. The highest BCUT2D eigenvalue weighted by Gasteiger charge is 2.15. The minimum Gasteiger partial charge on any atom is -0.360 e. The molecule has 22 heavy (non-hydrogen) atoms. The average molecular weight is 359 g/mol. The van der Waals surface area contributed by atoms with Gasteiger partial charge in [-0.1, -0.05) is 31.2 Å². The van der Waals surface area contributed by atoms with Crippen molar-refractivity contribution in [2.45, 2.75) is 39.3 Å². The van der Waals surface area contributed by atoms with Crippen molar-refractivity contribution in [2.75, 3.05) is 6.61 Å². The molecule has 5 nitrogen and oxygen atoms in total. The van der Waals surface area contributed by atoms with Crippen LogP contribution in [0.2, 0.25) is 36.0 Å². The lowest BCUT2D eigenvalue weighted by Gasteiger charge is -2.15. The lowest BCUT2D eigenvalue weighted by Crippen LogP contribution is -2.22. The summed E-state index contributed by atoms with van der Waals surface area (Å²) in [6.45, 7) is 10.1. The van der Waals surface area contributed by atoms with E-state index >= 15 is 0 Å². The Morgan fingerprint density at radius 2 is 2.00 bits per heavy atom. The van der Waals surface area contributed by atoms with Gasteiger partial charge in [0.25, 0.3) is 0 Å². The van der Waals surface area contributed by atoms with E-state index in [4.69, 9.17) is 27.9 Å². The predicted molar refractivity (Wildman–Crippen MR) is 92.1 cm³/mol. The quantitative estimate of drug-likeness (QED) is 0.439. The third-order valence-electron chi connectivity index (χ3n) is 3.14. The Bertz CT molecular complexity index is 655. The highest BCUT2D eigenvalue weighted by molar-refractivity contribution is 6.76. The van der Waals surface area contributed by atoms with Gasteiger partial charge in [0, 0.05) is 26.4 Å². The molecular formula is C14H20Cl2N4OSi. The van der Waals surface area contributed by atoms with E-state index in [2.05, 4.69) is 34.7 Å². The van der Waals surface area contributed by atoms with Crippen molar-refractivity contribution < 1.29 is 4.74 Å². The van der Waals surface area contributed by atoms with Gasteiger partial charge in [-0.25, -0.2) is 14.6 Å². The van der Waals surface area contributed by atoms with E-state index in [9.17, 15) is 0 Å². The molecule has 120 valence electrons. The zero-order valence-electron chi connectivity index (χ0n) is 13.2. The highest BCUT2D eigenvalue weighted by Crippen LogP contribution is 2.28. The fourth-order valence-electron chi connectivity index (χ4n) is 1.89. The van der Waals surface area contributed by atoms with Crippen LogP contribution in [0.1, 0.15) is 5.69 Å². The summed E-state index contributed by atoms with van der Waals surface area (Å²) in [7, 11) is -1.07. The summed E-state index contributed by atoms with van der Waals surface area (Å²) in [6, 6.07) is 1.13. The fourth-order valence-corrected chi connectivity index (χ4v) is 2.97. The smallest absolute Gasteiger partial charge is 0.222 e. The molecule has 0 N–H and O–H groups in total. The molecule has 0 fully saturated rings. The molecule has 0 radical (unpaired) electrons. The average Bonchev–Trinajstić information content (AvgIpc) is 2.78. The fraction of sp³-hybridized carbons (Fsp3) is 0.500. The second-order valence-electron chi connectivity index (χ2n) is 6.35. The van der Waals surface area contributed by atoms with E-state index in [1.807, 2.05) is 13.1 Å². The summed E-state index contributed by atoms with van der Waals surface area (Å²) in [5, 5.41) is 5.05. The summed E-state index contributed by atoms with van der Waals surface area (Å²) >= 11 is 12.0. The Morgan fingerprint density at radius 1 is 1.27 bits per heavy atom. The number of halogens is 2. The molecule has 8 heteroatoms.